The van der Waals surface area contributed by atoms with Crippen LogP contribution in [-0.2, 0) is 18.0 Å². The number of ether oxygens (including phenoxy) is 1. The van der Waals surface area contributed by atoms with Crippen molar-refractivity contribution >= 4 is 11.8 Å². The van der Waals surface area contributed by atoms with E-state index < -0.39 is 29.2 Å². The smallest absolute Gasteiger partial charge is 0.431 e. The van der Waals surface area contributed by atoms with Gasteiger partial charge < -0.3 is 9.30 Å². The van der Waals surface area contributed by atoms with Crippen LogP contribution < -0.4 is 0 Å². The summed E-state index contributed by atoms with van der Waals surface area (Å²) in [5, 5.41) is 0. The lowest BCUT2D eigenvalue weighted by molar-refractivity contribution is -0.143. The second kappa shape index (κ2) is 5.67. The quantitative estimate of drug-likeness (QED) is 0.646. The molecule has 22 heavy (non-hydrogen) atoms. The summed E-state index contributed by atoms with van der Waals surface area (Å²) in [5.41, 5.74) is -1.67. The standard InChI is InChI=1S/C15H12F3NO3/c1-19-11(15(16,17)18)8-10(14(21)22-2)12(19)13(20)9-6-4-3-5-7-9/h3-8H,1-2H3. The number of alkyl halides is 3. The third-order valence-electron chi connectivity index (χ3n) is 3.18. The van der Waals surface area contributed by atoms with E-state index in [0.29, 0.717) is 10.6 Å². The van der Waals surface area contributed by atoms with Crippen LogP contribution in [0.3, 0.4) is 0 Å². The number of carbonyl (C=O) groups is 2. The highest BCUT2D eigenvalue weighted by Crippen LogP contribution is 2.33. The van der Waals surface area contributed by atoms with Crippen LogP contribution >= 0.6 is 0 Å². The molecule has 2 rings (SSSR count). The van der Waals surface area contributed by atoms with Crippen molar-refractivity contribution in [1.29, 1.82) is 0 Å². The molecule has 0 saturated carbocycles. The van der Waals surface area contributed by atoms with Crippen LogP contribution in [-0.4, -0.2) is 23.4 Å². The van der Waals surface area contributed by atoms with Gasteiger partial charge >= 0.3 is 12.1 Å². The number of methoxy groups -OCH3 is 1. The van der Waals surface area contributed by atoms with Gasteiger partial charge in [-0.2, -0.15) is 13.2 Å². The normalized spacial score (nSPS) is 11.3. The van der Waals surface area contributed by atoms with Crippen molar-refractivity contribution in [3.05, 3.63) is 58.9 Å². The number of aromatic nitrogens is 1. The average molecular weight is 311 g/mol. The highest BCUT2D eigenvalue weighted by molar-refractivity contribution is 6.13. The second-order valence-corrected chi connectivity index (χ2v) is 4.54. The molecule has 0 amide bonds. The fourth-order valence-corrected chi connectivity index (χ4v) is 2.14. The lowest BCUT2D eigenvalue weighted by atomic mass is 10.1. The van der Waals surface area contributed by atoms with Gasteiger partial charge in [0, 0.05) is 12.6 Å². The molecule has 1 aromatic heterocycles. The van der Waals surface area contributed by atoms with Gasteiger partial charge in [0.05, 0.1) is 12.7 Å². The van der Waals surface area contributed by atoms with E-state index in [-0.39, 0.29) is 11.3 Å². The molecule has 0 N–H and O–H groups in total. The van der Waals surface area contributed by atoms with E-state index in [2.05, 4.69) is 4.74 Å². The first-order valence-corrected chi connectivity index (χ1v) is 6.22. The lowest BCUT2D eigenvalue weighted by Gasteiger charge is -2.10. The van der Waals surface area contributed by atoms with Crippen LogP contribution in [0, 0.1) is 0 Å². The van der Waals surface area contributed by atoms with Crippen LogP contribution in [0.5, 0.6) is 0 Å². The molecule has 1 heterocycles. The molecule has 0 aliphatic heterocycles. The minimum absolute atomic E-state index is 0.183. The van der Waals surface area contributed by atoms with Crippen LogP contribution in [0.15, 0.2) is 36.4 Å². The number of hydrogen-bond acceptors (Lipinski definition) is 3. The number of hydrogen-bond donors (Lipinski definition) is 0. The van der Waals surface area contributed by atoms with E-state index in [1.54, 1.807) is 18.2 Å². The maximum absolute atomic E-state index is 13.0. The fourth-order valence-electron chi connectivity index (χ4n) is 2.14. The van der Waals surface area contributed by atoms with E-state index in [9.17, 15) is 22.8 Å². The average Bonchev–Trinajstić information content (AvgIpc) is 2.84. The number of nitrogens with zero attached hydrogens (tertiary/aromatic N) is 1. The molecule has 0 saturated heterocycles. The third-order valence-corrected chi connectivity index (χ3v) is 3.18. The van der Waals surface area contributed by atoms with E-state index >= 15 is 0 Å². The molecular weight excluding hydrogens is 299 g/mol. The van der Waals surface area contributed by atoms with E-state index in [4.69, 9.17) is 0 Å². The maximum Gasteiger partial charge on any atom is 0.431 e. The second-order valence-electron chi connectivity index (χ2n) is 4.54. The monoisotopic (exact) mass is 311 g/mol. The summed E-state index contributed by atoms with van der Waals surface area (Å²) < 4.78 is 44.1. The SMILES string of the molecule is COC(=O)c1cc(C(F)(F)F)n(C)c1C(=O)c1ccccc1. The fraction of sp³-hybridized carbons (Fsp3) is 0.200. The van der Waals surface area contributed by atoms with Gasteiger partial charge in [0.15, 0.2) is 0 Å². The Kier molecular flexibility index (Phi) is 4.07. The van der Waals surface area contributed by atoms with Gasteiger partial charge in [-0.25, -0.2) is 4.79 Å². The highest BCUT2D eigenvalue weighted by atomic mass is 19.4. The first kappa shape index (κ1) is 15.8. The molecule has 0 unspecified atom stereocenters. The van der Waals surface area contributed by atoms with Crippen LogP contribution in [0.4, 0.5) is 13.2 Å². The number of ketones is 1. The molecule has 0 atom stereocenters. The Labute approximate surface area is 124 Å². The summed E-state index contributed by atoms with van der Waals surface area (Å²) in [6.45, 7) is 0. The van der Waals surface area contributed by atoms with Gasteiger partial charge in [-0.15, -0.1) is 0 Å². The van der Waals surface area contributed by atoms with E-state index in [1.807, 2.05) is 0 Å². The molecule has 1 aromatic carbocycles. The van der Waals surface area contributed by atoms with E-state index in [1.165, 1.54) is 12.1 Å². The summed E-state index contributed by atoms with van der Waals surface area (Å²) in [7, 11) is 2.13. The Balaban J connectivity index is 2.66. The molecule has 0 aliphatic carbocycles. The van der Waals surface area contributed by atoms with Crippen molar-refractivity contribution in [3.63, 3.8) is 0 Å². The summed E-state index contributed by atoms with van der Waals surface area (Å²) in [5.74, 6) is -1.68. The Morgan fingerprint density at radius 1 is 1.14 bits per heavy atom. The van der Waals surface area contributed by atoms with Gasteiger partial charge in [0.2, 0.25) is 5.78 Å². The Morgan fingerprint density at radius 2 is 1.73 bits per heavy atom. The van der Waals surface area contributed by atoms with Crippen LogP contribution in [0.1, 0.15) is 32.1 Å². The zero-order valence-electron chi connectivity index (χ0n) is 11.8. The van der Waals surface area contributed by atoms with Gasteiger partial charge in [0.1, 0.15) is 11.4 Å². The molecule has 0 fully saturated rings. The van der Waals surface area contributed by atoms with Crippen molar-refractivity contribution in [2.45, 2.75) is 6.18 Å². The van der Waals surface area contributed by atoms with Crippen molar-refractivity contribution in [3.8, 4) is 0 Å². The predicted octanol–water partition coefficient (Wildman–Crippen LogP) is 3.06. The molecule has 0 bridgehead atoms. The topological polar surface area (TPSA) is 48.3 Å². The number of benzene rings is 1. The summed E-state index contributed by atoms with van der Waals surface area (Å²) in [4.78, 5) is 24.2. The zero-order valence-corrected chi connectivity index (χ0v) is 11.8. The van der Waals surface area contributed by atoms with E-state index in [0.717, 1.165) is 14.2 Å². The summed E-state index contributed by atoms with van der Waals surface area (Å²) in [6, 6.07) is 8.39. The molecule has 0 spiro atoms. The molecule has 7 heteroatoms. The van der Waals surface area contributed by atoms with Gasteiger partial charge in [-0.1, -0.05) is 30.3 Å². The van der Waals surface area contributed by atoms with Crippen LogP contribution in [0.25, 0.3) is 0 Å². The van der Waals surface area contributed by atoms with Crippen molar-refractivity contribution in [1.82, 2.24) is 4.57 Å². The van der Waals surface area contributed by atoms with Crippen molar-refractivity contribution in [2.24, 2.45) is 7.05 Å². The zero-order chi connectivity index (χ0) is 16.5. The third kappa shape index (κ3) is 2.74. The lowest BCUT2D eigenvalue weighted by Crippen LogP contribution is -2.16. The molecule has 116 valence electrons. The molecule has 2 aromatic rings. The minimum Gasteiger partial charge on any atom is -0.465 e. The number of esters is 1. The largest absolute Gasteiger partial charge is 0.465 e. The number of carbonyl (C=O) groups excluding carboxylic acids is 2. The molecular formula is C15H12F3NO3. The summed E-state index contributed by atoms with van der Waals surface area (Å²) >= 11 is 0. The van der Waals surface area contributed by atoms with Gasteiger partial charge in [0.25, 0.3) is 0 Å². The molecule has 0 radical (unpaired) electrons. The van der Waals surface area contributed by atoms with Crippen molar-refractivity contribution in [2.75, 3.05) is 7.11 Å². The van der Waals surface area contributed by atoms with Crippen molar-refractivity contribution < 1.29 is 27.5 Å². The Bertz CT molecular complexity index is 718. The van der Waals surface area contributed by atoms with Gasteiger partial charge in [-0.3, -0.25) is 4.79 Å². The molecule has 0 aliphatic rings. The van der Waals surface area contributed by atoms with Crippen LogP contribution in [0.2, 0.25) is 0 Å². The molecule has 4 nitrogen and oxygen atoms in total. The first-order chi connectivity index (χ1) is 10.3. The summed E-state index contributed by atoms with van der Waals surface area (Å²) in [6.07, 6.45) is -4.69. The first-order valence-electron chi connectivity index (χ1n) is 6.22. The predicted molar refractivity (Wildman–Crippen MR) is 71.6 cm³/mol. The van der Waals surface area contributed by atoms with Gasteiger partial charge in [-0.05, 0) is 6.07 Å². The number of rotatable bonds is 3. The number of halogens is 3. The Morgan fingerprint density at radius 3 is 2.23 bits per heavy atom. The highest BCUT2D eigenvalue weighted by Gasteiger charge is 2.38. The maximum atomic E-state index is 13.0. The minimum atomic E-state index is -4.69. The Hall–Kier alpha value is -2.57.